The average Bonchev–Trinajstić information content (AvgIpc) is 3.19. The molecular formula is C24H23N3O4. The van der Waals surface area contributed by atoms with Gasteiger partial charge in [0.25, 0.3) is 5.56 Å². The number of nitrogens with one attached hydrogen (secondary N) is 1. The van der Waals surface area contributed by atoms with Gasteiger partial charge in [-0.25, -0.2) is 0 Å². The van der Waals surface area contributed by atoms with Crippen LogP contribution in [0.15, 0.2) is 77.9 Å². The van der Waals surface area contributed by atoms with E-state index in [4.69, 9.17) is 9.47 Å². The van der Waals surface area contributed by atoms with E-state index >= 15 is 0 Å². The molecule has 158 valence electrons. The molecule has 0 spiro atoms. The van der Waals surface area contributed by atoms with E-state index in [0.29, 0.717) is 29.2 Å². The Bertz CT molecular complexity index is 1250. The second-order valence-electron chi connectivity index (χ2n) is 7.13. The van der Waals surface area contributed by atoms with Gasteiger partial charge in [0.05, 0.1) is 14.2 Å². The molecule has 0 saturated heterocycles. The first-order chi connectivity index (χ1) is 15.1. The molecule has 0 radical (unpaired) electrons. The molecule has 0 fully saturated rings. The fraction of sp³-hybridized carbons (Fsp3) is 0.167. The highest BCUT2D eigenvalue weighted by atomic mass is 16.5. The highest BCUT2D eigenvalue weighted by Crippen LogP contribution is 2.25. The first kappa shape index (κ1) is 20.3. The van der Waals surface area contributed by atoms with Gasteiger partial charge in [0.1, 0.15) is 23.6 Å². The second kappa shape index (κ2) is 8.79. The van der Waals surface area contributed by atoms with Crippen molar-refractivity contribution in [3.05, 3.63) is 89.0 Å². The van der Waals surface area contributed by atoms with Crippen LogP contribution in [-0.2, 0) is 17.9 Å². The minimum atomic E-state index is -0.321. The molecule has 7 nitrogen and oxygen atoms in total. The van der Waals surface area contributed by atoms with Crippen LogP contribution in [0.1, 0.15) is 5.56 Å². The number of hydrogen-bond acceptors (Lipinski definition) is 4. The third-order valence-corrected chi connectivity index (χ3v) is 5.04. The van der Waals surface area contributed by atoms with Gasteiger partial charge in [0, 0.05) is 48.2 Å². The predicted molar refractivity (Wildman–Crippen MR) is 120 cm³/mol. The van der Waals surface area contributed by atoms with Gasteiger partial charge in [-0.15, -0.1) is 0 Å². The number of nitrogens with zero attached hydrogens (tertiary/aromatic N) is 2. The van der Waals surface area contributed by atoms with E-state index in [1.807, 2.05) is 53.2 Å². The van der Waals surface area contributed by atoms with Gasteiger partial charge in [0.2, 0.25) is 5.91 Å². The Morgan fingerprint density at radius 3 is 2.19 bits per heavy atom. The SMILES string of the molecule is COc1cc(NC(=O)Cn2ccc3ccn(Cc4ccccc4)c3c2=O)cc(OC)c1. The third kappa shape index (κ3) is 4.45. The zero-order valence-electron chi connectivity index (χ0n) is 17.4. The highest BCUT2D eigenvalue weighted by Gasteiger charge is 2.12. The molecule has 0 saturated carbocycles. The molecule has 31 heavy (non-hydrogen) atoms. The third-order valence-electron chi connectivity index (χ3n) is 5.04. The van der Waals surface area contributed by atoms with Crippen molar-refractivity contribution in [1.82, 2.24) is 9.13 Å². The molecule has 0 aliphatic rings. The lowest BCUT2D eigenvalue weighted by atomic mass is 10.2. The van der Waals surface area contributed by atoms with Crippen molar-refractivity contribution in [2.45, 2.75) is 13.1 Å². The number of methoxy groups -OCH3 is 2. The molecule has 4 aromatic rings. The molecule has 0 atom stereocenters. The Kier molecular flexibility index (Phi) is 5.75. The molecule has 1 amide bonds. The van der Waals surface area contributed by atoms with Crippen LogP contribution < -0.4 is 20.3 Å². The molecule has 7 heteroatoms. The fourth-order valence-electron chi connectivity index (χ4n) is 3.52. The summed E-state index contributed by atoms with van der Waals surface area (Å²) >= 11 is 0. The Morgan fingerprint density at radius 2 is 1.55 bits per heavy atom. The van der Waals surface area contributed by atoms with Crippen molar-refractivity contribution >= 4 is 22.5 Å². The van der Waals surface area contributed by atoms with Crippen molar-refractivity contribution in [1.29, 1.82) is 0 Å². The van der Waals surface area contributed by atoms with Gasteiger partial charge in [-0.05, 0) is 17.7 Å². The van der Waals surface area contributed by atoms with Crippen LogP contribution in [0.4, 0.5) is 5.69 Å². The number of fused-ring (bicyclic) bond motifs is 1. The van der Waals surface area contributed by atoms with E-state index in [1.54, 1.807) is 38.6 Å². The molecule has 0 unspecified atom stereocenters. The number of ether oxygens (including phenoxy) is 2. The standard InChI is InChI=1S/C24H23N3O4/c1-30-20-12-19(13-21(14-20)31-2)25-22(28)16-27-11-9-18-8-10-26(23(18)24(27)29)15-17-6-4-3-5-7-17/h3-14H,15-16H2,1-2H3,(H,25,28). The monoisotopic (exact) mass is 417 g/mol. The molecule has 2 heterocycles. The number of amides is 1. The topological polar surface area (TPSA) is 74.5 Å². The summed E-state index contributed by atoms with van der Waals surface area (Å²) in [6.45, 7) is 0.476. The number of anilines is 1. The normalized spacial score (nSPS) is 10.8. The summed E-state index contributed by atoms with van der Waals surface area (Å²) in [4.78, 5) is 25.7. The van der Waals surface area contributed by atoms with Crippen molar-refractivity contribution < 1.29 is 14.3 Å². The maximum absolute atomic E-state index is 13.1. The summed E-state index contributed by atoms with van der Waals surface area (Å²) in [6, 6.07) is 18.8. The van der Waals surface area contributed by atoms with Crippen LogP contribution >= 0.6 is 0 Å². The average molecular weight is 417 g/mol. The Hall–Kier alpha value is -4.00. The van der Waals surface area contributed by atoms with Gasteiger partial charge in [0.15, 0.2) is 0 Å². The number of rotatable bonds is 7. The van der Waals surface area contributed by atoms with Gasteiger partial charge in [-0.3, -0.25) is 9.59 Å². The number of pyridine rings is 1. The molecule has 0 bridgehead atoms. The second-order valence-corrected chi connectivity index (χ2v) is 7.13. The van der Waals surface area contributed by atoms with Crippen LogP contribution in [0.2, 0.25) is 0 Å². The van der Waals surface area contributed by atoms with Crippen LogP contribution in [0.3, 0.4) is 0 Å². The Morgan fingerprint density at radius 1 is 0.903 bits per heavy atom. The van der Waals surface area contributed by atoms with Crippen LogP contribution in [0.5, 0.6) is 11.5 Å². The highest BCUT2D eigenvalue weighted by molar-refractivity contribution is 5.91. The molecule has 0 aliphatic heterocycles. The van der Waals surface area contributed by atoms with Crippen molar-refractivity contribution in [2.24, 2.45) is 0 Å². The van der Waals surface area contributed by atoms with E-state index in [1.165, 1.54) is 4.57 Å². The van der Waals surface area contributed by atoms with E-state index in [9.17, 15) is 9.59 Å². The lowest BCUT2D eigenvalue weighted by Crippen LogP contribution is -2.28. The smallest absolute Gasteiger partial charge is 0.275 e. The molecule has 2 aromatic carbocycles. The minimum absolute atomic E-state index is 0.106. The lowest BCUT2D eigenvalue weighted by Gasteiger charge is -2.11. The summed E-state index contributed by atoms with van der Waals surface area (Å²) in [7, 11) is 3.08. The van der Waals surface area contributed by atoms with Gasteiger partial charge in [-0.1, -0.05) is 30.3 Å². The molecule has 1 N–H and O–H groups in total. The lowest BCUT2D eigenvalue weighted by molar-refractivity contribution is -0.116. The van der Waals surface area contributed by atoms with Crippen molar-refractivity contribution in [3.8, 4) is 11.5 Å². The van der Waals surface area contributed by atoms with Gasteiger partial charge < -0.3 is 23.9 Å². The molecule has 0 aliphatic carbocycles. The molecular weight excluding hydrogens is 394 g/mol. The van der Waals surface area contributed by atoms with Crippen LogP contribution in [-0.4, -0.2) is 29.3 Å². The van der Waals surface area contributed by atoms with E-state index in [2.05, 4.69) is 5.32 Å². The van der Waals surface area contributed by atoms with Gasteiger partial charge >= 0.3 is 0 Å². The van der Waals surface area contributed by atoms with Gasteiger partial charge in [-0.2, -0.15) is 0 Å². The largest absolute Gasteiger partial charge is 0.497 e. The van der Waals surface area contributed by atoms with Crippen LogP contribution in [0.25, 0.3) is 10.9 Å². The quantitative estimate of drug-likeness (QED) is 0.499. The number of carbonyl (C=O) groups excluding carboxylic acids is 1. The first-order valence-corrected chi connectivity index (χ1v) is 9.82. The van der Waals surface area contributed by atoms with Crippen LogP contribution in [0, 0.1) is 0 Å². The minimum Gasteiger partial charge on any atom is -0.497 e. The molecule has 2 aromatic heterocycles. The van der Waals surface area contributed by atoms with E-state index in [0.717, 1.165) is 10.9 Å². The number of aromatic nitrogens is 2. The zero-order chi connectivity index (χ0) is 21.8. The number of carbonyl (C=O) groups is 1. The zero-order valence-corrected chi connectivity index (χ0v) is 17.4. The van der Waals surface area contributed by atoms with Crippen molar-refractivity contribution in [2.75, 3.05) is 19.5 Å². The summed E-state index contributed by atoms with van der Waals surface area (Å²) in [6.07, 6.45) is 3.54. The van der Waals surface area contributed by atoms with E-state index in [-0.39, 0.29) is 18.0 Å². The summed E-state index contributed by atoms with van der Waals surface area (Å²) in [5.74, 6) is 0.803. The Labute approximate surface area is 179 Å². The summed E-state index contributed by atoms with van der Waals surface area (Å²) < 4.78 is 13.8. The maximum atomic E-state index is 13.1. The Balaban J connectivity index is 1.57. The number of benzene rings is 2. The maximum Gasteiger partial charge on any atom is 0.275 e. The molecule has 4 rings (SSSR count). The predicted octanol–water partition coefficient (Wildman–Crippen LogP) is 3.51. The summed E-state index contributed by atoms with van der Waals surface area (Å²) in [5, 5.41) is 3.64. The summed E-state index contributed by atoms with van der Waals surface area (Å²) in [5.41, 5.74) is 1.99. The van der Waals surface area contributed by atoms with E-state index < -0.39 is 0 Å². The first-order valence-electron chi connectivity index (χ1n) is 9.82. The van der Waals surface area contributed by atoms with Crippen molar-refractivity contribution in [3.63, 3.8) is 0 Å². The fourth-order valence-corrected chi connectivity index (χ4v) is 3.52. The number of hydrogen-bond donors (Lipinski definition) is 1.